The molecule has 1 fully saturated rings. The number of nitrogens with zero attached hydrogens (tertiary/aromatic N) is 2. The Labute approximate surface area is 119 Å². The predicted molar refractivity (Wildman–Crippen MR) is 77.6 cm³/mol. The number of aromatic nitrogens is 1. The van der Waals surface area contributed by atoms with Crippen LogP contribution in [-0.4, -0.2) is 43.2 Å². The molecule has 0 saturated carbocycles. The summed E-state index contributed by atoms with van der Waals surface area (Å²) in [6.07, 6.45) is 4.82. The number of carbonyl (C=O) groups is 1. The highest BCUT2D eigenvalue weighted by Gasteiger charge is 2.20. The van der Waals surface area contributed by atoms with Crippen molar-refractivity contribution in [1.29, 1.82) is 0 Å². The van der Waals surface area contributed by atoms with Crippen LogP contribution < -0.4 is 16.4 Å². The maximum Gasteiger partial charge on any atom is 0.267 e. The van der Waals surface area contributed by atoms with E-state index in [-0.39, 0.29) is 0 Å². The monoisotopic (exact) mass is 278 g/mol. The van der Waals surface area contributed by atoms with Crippen LogP contribution in [0.1, 0.15) is 29.8 Å². The molecular formula is C14H22N4O2. The number of primary amides is 1. The number of ether oxygens (including phenoxy) is 1. The molecule has 1 aliphatic rings. The van der Waals surface area contributed by atoms with E-state index in [1.807, 2.05) is 6.07 Å². The second kappa shape index (κ2) is 7.21. The second-order valence-corrected chi connectivity index (χ2v) is 4.96. The van der Waals surface area contributed by atoms with Gasteiger partial charge >= 0.3 is 0 Å². The summed E-state index contributed by atoms with van der Waals surface area (Å²) in [6, 6.07) is 3.65. The lowest BCUT2D eigenvalue weighted by Gasteiger charge is -2.33. The van der Waals surface area contributed by atoms with Gasteiger partial charge in [0.2, 0.25) is 0 Å². The zero-order chi connectivity index (χ0) is 14.4. The van der Waals surface area contributed by atoms with Gasteiger partial charge in [-0.15, -0.1) is 0 Å². The van der Waals surface area contributed by atoms with E-state index in [0.717, 1.165) is 44.6 Å². The van der Waals surface area contributed by atoms with Crippen LogP contribution in [0, 0.1) is 0 Å². The molecule has 1 aliphatic heterocycles. The van der Waals surface area contributed by atoms with E-state index >= 15 is 0 Å². The van der Waals surface area contributed by atoms with Gasteiger partial charge in [-0.2, -0.15) is 0 Å². The number of rotatable bonds is 6. The van der Waals surface area contributed by atoms with Gasteiger partial charge in [-0.1, -0.05) is 0 Å². The minimum absolute atomic E-state index is 0.309. The van der Waals surface area contributed by atoms with Crippen LogP contribution in [0.4, 0.5) is 5.69 Å². The van der Waals surface area contributed by atoms with Gasteiger partial charge in [-0.3, -0.25) is 9.78 Å². The van der Waals surface area contributed by atoms with Gasteiger partial charge in [0.25, 0.3) is 5.91 Å². The normalized spacial score (nSPS) is 16.4. The Morgan fingerprint density at radius 2 is 2.20 bits per heavy atom. The lowest BCUT2D eigenvalue weighted by molar-refractivity contribution is 0.0366. The molecule has 0 bridgehead atoms. The highest BCUT2D eigenvalue weighted by atomic mass is 16.5. The first-order valence-electron chi connectivity index (χ1n) is 7.03. The summed E-state index contributed by atoms with van der Waals surface area (Å²) >= 11 is 0. The molecule has 1 aromatic rings. The summed E-state index contributed by atoms with van der Waals surface area (Å²) in [4.78, 5) is 17.3. The van der Waals surface area contributed by atoms with Crippen molar-refractivity contribution in [2.75, 3.05) is 31.1 Å². The van der Waals surface area contributed by atoms with Gasteiger partial charge in [0, 0.05) is 31.6 Å². The molecule has 0 spiro atoms. The second-order valence-electron chi connectivity index (χ2n) is 4.96. The number of hydrogen-bond acceptors (Lipinski definition) is 5. The molecule has 0 unspecified atom stereocenters. The Morgan fingerprint density at radius 3 is 2.85 bits per heavy atom. The van der Waals surface area contributed by atoms with E-state index in [0.29, 0.717) is 18.3 Å². The lowest BCUT2D eigenvalue weighted by Crippen LogP contribution is -2.37. The lowest BCUT2D eigenvalue weighted by atomic mass is 10.1. The largest absolute Gasteiger partial charge is 0.378 e. The van der Waals surface area contributed by atoms with Crippen LogP contribution in [-0.2, 0) is 4.74 Å². The molecule has 2 rings (SSSR count). The Bertz CT molecular complexity index is 445. The van der Waals surface area contributed by atoms with Crippen molar-refractivity contribution in [2.24, 2.45) is 11.5 Å². The van der Waals surface area contributed by atoms with Gasteiger partial charge in [0.1, 0.15) is 5.69 Å². The first-order valence-corrected chi connectivity index (χ1v) is 7.03. The van der Waals surface area contributed by atoms with Gasteiger partial charge in [-0.05, 0) is 37.9 Å². The molecule has 20 heavy (non-hydrogen) atoms. The molecule has 6 heteroatoms. The first-order chi connectivity index (χ1) is 9.70. The fourth-order valence-corrected chi connectivity index (χ4v) is 2.36. The predicted octanol–water partition coefficient (Wildman–Crippen LogP) is 0.515. The van der Waals surface area contributed by atoms with E-state index in [1.54, 1.807) is 12.3 Å². The van der Waals surface area contributed by atoms with Crippen molar-refractivity contribution >= 4 is 11.6 Å². The number of anilines is 1. The number of carbonyl (C=O) groups excluding carboxylic acids is 1. The molecule has 4 N–H and O–H groups in total. The van der Waals surface area contributed by atoms with Gasteiger partial charge in [-0.25, -0.2) is 0 Å². The number of piperidine rings is 1. The van der Waals surface area contributed by atoms with Crippen molar-refractivity contribution in [1.82, 2.24) is 4.98 Å². The van der Waals surface area contributed by atoms with Gasteiger partial charge in [0.05, 0.1) is 6.10 Å². The molecule has 0 aromatic carbocycles. The van der Waals surface area contributed by atoms with E-state index in [2.05, 4.69) is 9.88 Å². The number of nitrogens with two attached hydrogens (primary N) is 2. The van der Waals surface area contributed by atoms with Crippen LogP contribution in [0.5, 0.6) is 0 Å². The zero-order valence-electron chi connectivity index (χ0n) is 11.6. The number of amides is 1. The number of pyridine rings is 1. The summed E-state index contributed by atoms with van der Waals surface area (Å²) in [5.41, 5.74) is 12.0. The summed E-state index contributed by atoms with van der Waals surface area (Å²) < 4.78 is 5.78. The molecular weight excluding hydrogens is 256 g/mol. The molecule has 0 aliphatic carbocycles. The third-order valence-electron chi connectivity index (χ3n) is 3.51. The maximum atomic E-state index is 11.1. The summed E-state index contributed by atoms with van der Waals surface area (Å²) in [7, 11) is 0. The zero-order valence-corrected chi connectivity index (χ0v) is 11.6. The Balaban J connectivity index is 1.87. The average molecular weight is 278 g/mol. The molecule has 1 aromatic heterocycles. The van der Waals surface area contributed by atoms with Crippen LogP contribution in [0.15, 0.2) is 18.3 Å². The molecule has 1 saturated heterocycles. The fraction of sp³-hybridized carbons (Fsp3) is 0.571. The Hall–Kier alpha value is -1.66. The van der Waals surface area contributed by atoms with Crippen molar-refractivity contribution in [2.45, 2.75) is 25.4 Å². The minimum Gasteiger partial charge on any atom is -0.378 e. The first kappa shape index (κ1) is 14.7. The van der Waals surface area contributed by atoms with Crippen molar-refractivity contribution in [3.63, 3.8) is 0 Å². The van der Waals surface area contributed by atoms with Crippen LogP contribution >= 0.6 is 0 Å². The van der Waals surface area contributed by atoms with E-state index in [4.69, 9.17) is 16.2 Å². The van der Waals surface area contributed by atoms with Crippen molar-refractivity contribution in [3.8, 4) is 0 Å². The molecule has 0 radical (unpaired) electrons. The maximum absolute atomic E-state index is 11.1. The Kier molecular flexibility index (Phi) is 5.31. The number of hydrogen-bond donors (Lipinski definition) is 2. The fourth-order valence-electron chi connectivity index (χ4n) is 2.36. The molecule has 1 amide bonds. The van der Waals surface area contributed by atoms with E-state index in [1.165, 1.54) is 0 Å². The van der Waals surface area contributed by atoms with Crippen LogP contribution in [0.25, 0.3) is 0 Å². The van der Waals surface area contributed by atoms with E-state index in [9.17, 15) is 4.79 Å². The summed E-state index contributed by atoms with van der Waals surface area (Å²) in [5.74, 6) is -0.494. The van der Waals surface area contributed by atoms with Gasteiger partial charge in [0.15, 0.2) is 0 Å². The third kappa shape index (κ3) is 3.91. The molecule has 2 heterocycles. The third-order valence-corrected chi connectivity index (χ3v) is 3.51. The molecule has 110 valence electrons. The van der Waals surface area contributed by atoms with E-state index < -0.39 is 5.91 Å². The summed E-state index contributed by atoms with van der Waals surface area (Å²) in [6.45, 7) is 3.24. The topological polar surface area (TPSA) is 94.5 Å². The highest BCUT2D eigenvalue weighted by Crippen LogP contribution is 2.21. The Morgan fingerprint density at radius 1 is 1.45 bits per heavy atom. The van der Waals surface area contributed by atoms with Crippen LogP contribution in [0.2, 0.25) is 0 Å². The average Bonchev–Trinajstić information content (AvgIpc) is 2.48. The van der Waals surface area contributed by atoms with Crippen LogP contribution in [0.3, 0.4) is 0 Å². The minimum atomic E-state index is -0.494. The van der Waals surface area contributed by atoms with Gasteiger partial charge < -0.3 is 21.1 Å². The highest BCUT2D eigenvalue weighted by molar-refractivity contribution is 5.91. The summed E-state index contributed by atoms with van der Waals surface area (Å²) in [5, 5.41) is 0. The molecule has 0 atom stereocenters. The quantitative estimate of drug-likeness (QED) is 0.740. The SMILES string of the molecule is NCCCOC1CCN(c2ccnc(C(N)=O)c2)CC1. The smallest absolute Gasteiger partial charge is 0.267 e. The standard InChI is InChI=1S/C14H22N4O2/c15-5-1-9-20-12-3-7-18(8-4-12)11-2-6-17-13(10-11)14(16)19/h2,6,10,12H,1,3-5,7-9,15H2,(H2,16,19). The van der Waals surface area contributed by atoms with Crippen molar-refractivity contribution in [3.05, 3.63) is 24.0 Å². The van der Waals surface area contributed by atoms with Crippen molar-refractivity contribution < 1.29 is 9.53 Å². The molecule has 6 nitrogen and oxygen atoms in total.